The first-order valence-electron chi connectivity index (χ1n) is 6.68. The van der Waals surface area contributed by atoms with Gasteiger partial charge in [-0.25, -0.2) is 4.79 Å². The van der Waals surface area contributed by atoms with Crippen molar-refractivity contribution in [3.63, 3.8) is 0 Å². The third-order valence-corrected chi connectivity index (χ3v) is 3.51. The lowest BCUT2D eigenvalue weighted by atomic mass is 9.83. The van der Waals surface area contributed by atoms with Gasteiger partial charge in [0.15, 0.2) is 11.6 Å². The molecule has 0 fully saturated rings. The lowest BCUT2D eigenvalue weighted by Crippen LogP contribution is -2.23. The fraction of sp³-hybridized carbons (Fsp3) is 0.0588. The molecule has 0 radical (unpaired) electrons. The summed E-state index contributed by atoms with van der Waals surface area (Å²) >= 11 is 0. The van der Waals surface area contributed by atoms with E-state index in [2.05, 4.69) is 0 Å². The summed E-state index contributed by atoms with van der Waals surface area (Å²) in [7, 11) is 0. The molecule has 23 heavy (non-hydrogen) atoms. The first-order valence-corrected chi connectivity index (χ1v) is 6.68. The SMILES string of the molecule is CC(=O)Oc1cccc2c1C(=O)c1ccc(C(=O)O)cc1C2=O. The molecule has 2 aromatic rings. The van der Waals surface area contributed by atoms with Gasteiger partial charge in [-0.1, -0.05) is 12.1 Å². The molecule has 0 atom stereocenters. The van der Waals surface area contributed by atoms with E-state index >= 15 is 0 Å². The molecule has 0 saturated carbocycles. The minimum Gasteiger partial charge on any atom is -0.478 e. The number of hydrogen-bond acceptors (Lipinski definition) is 5. The Hall–Kier alpha value is -3.28. The van der Waals surface area contributed by atoms with E-state index in [1.165, 1.54) is 43.3 Å². The van der Waals surface area contributed by atoms with Crippen molar-refractivity contribution in [2.45, 2.75) is 6.92 Å². The van der Waals surface area contributed by atoms with E-state index in [4.69, 9.17) is 9.84 Å². The second-order valence-corrected chi connectivity index (χ2v) is 5.00. The average Bonchev–Trinajstić information content (AvgIpc) is 2.51. The summed E-state index contributed by atoms with van der Waals surface area (Å²) in [6.07, 6.45) is 0. The number of aromatic carboxylic acids is 1. The van der Waals surface area contributed by atoms with Gasteiger partial charge in [0.05, 0.1) is 11.1 Å². The van der Waals surface area contributed by atoms with E-state index in [0.29, 0.717) is 0 Å². The molecule has 2 aromatic carbocycles. The zero-order valence-electron chi connectivity index (χ0n) is 12.0. The summed E-state index contributed by atoms with van der Waals surface area (Å²) in [6.45, 7) is 1.20. The molecule has 6 nitrogen and oxygen atoms in total. The van der Waals surface area contributed by atoms with Crippen LogP contribution in [0.15, 0.2) is 36.4 Å². The predicted octanol–water partition coefficient (Wildman–Crippen LogP) is 2.09. The topological polar surface area (TPSA) is 97.7 Å². The number of ketones is 2. The van der Waals surface area contributed by atoms with Gasteiger partial charge in [0.2, 0.25) is 0 Å². The number of hydrogen-bond donors (Lipinski definition) is 1. The Balaban J connectivity index is 2.22. The number of carbonyl (C=O) groups excluding carboxylic acids is 3. The summed E-state index contributed by atoms with van der Waals surface area (Å²) in [5.41, 5.74) is 0.144. The number of carboxylic acids is 1. The fourth-order valence-corrected chi connectivity index (χ4v) is 2.54. The summed E-state index contributed by atoms with van der Waals surface area (Å²) in [6, 6.07) is 8.10. The van der Waals surface area contributed by atoms with Crippen LogP contribution in [-0.4, -0.2) is 28.6 Å². The van der Waals surface area contributed by atoms with Gasteiger partial charge in [-0.15, -0.1) is 0 Å². The van der Waals surface area contributed by atoms with E-state index in [9.17, 15) is 19.2 Å². The number of fused-ring (bicyclic) bond motifs is 2. The molecule has 0 amide bonds. The Bertz CT molecular complexity index is 894. The first-order chi connectivity index (χ1) is 10.9. The highest BCUT2D eigenvalue weighted by atomic mass is 16.5. The largest absolute Gasteiger partial charge is 0.478 e. The van der Waals surface area contributed by atoms with Crippen molar-refractivity contribution < 1.29 is 29.0 Å². The van der Waals surface area contributed by atoms with Gasteiger partial charge in [-0.2, -0.15) is 0 Å². The molecule has 0 saturated heterocycles. The standard InChI is InChI=1S/C17H10O6/c1-8(18)23-13-4-2-3-11-14(13)16(20)10-6-5-9(17(21)22)7-12(10)15(11)19/h2-7H,1H3,(H,21,22). The lowest BCUT2D eigenvalue weighted by Gasteiger charge is -2.19. The molecule has 6 heteroatoms. The highest BCUT2D eigenvalue weighted by Crippen LogP contribution is 2.33. The Kier molecular flexibility index (Phi) is 3.29. The zero-order valence-corrected chi connectivity index (χ0v) is 12.0. The third-order valence-electron chi connectivity index (χ3n) is 3.51. The minimum atomic E-state index is -1.19. The van der Waals surface area contributed by atoms with Crippen molar-refractivity contribution in [3.8, 4) is 5.75 Å². The lowest BCUT2D eigenvalue weighted by molar-refractivity contribution is -0.131. The highest BCUT2D eigenvalue weighted by Gasteiger charge is 2.33. The van der Waals surface area contributed by atoms with Crippen molar-refractivity contribution in [1.82, 2.24) is 0 Å². The molecular weight excluding hydrogens is 300 g/mol. The van der Waals surface area contributed by atoms with Gasteiger partial charge < -0.3 is 9.84 Å². The van der Waals surface area contributed by atoms with E-state index in [1.54, 1.807) is 0 Å². The van der Waals surface area contributed by atoms with E-state index in [-0.39, 0.29) is 33.6 Å². The fourth-order valence-electron chi connectivity index (χ4n) is 2.54. The van der Waals surface area contributed by atoms with Crippen LogP contribution in [0.2, 0.25) is 0 Å². The van der Waals surface area contributed by atoms with Crippen LogP contribution in [0.5, 0.6) is 5.75 Å². The van der Waals surface area contributed by atoms with Crippen LogP contribution in [0.25, 0.3) is 0 Å². The molecule has 0 spiro atoms. The number of carbonyl (C=O) groups is 4. The van der Waals surface area contributed by atoms with Gasteiger partial charge in [0.25, 0.3) is 0 Å². The van der Waals surface area contributed by atoms with Crippen molar-refractivity contribution in [1.29, 1.82) is 0 Å². The summed E-state index contributed by atoms with van der Waals surface area (Å²) in [4.78, 5) is 47.4. The second-order valence-electron chi connectivity index (χ2n) is 5.00. The molecule has 1 aliphatic carbocycles. The molecule has 0 unspecified atom stereocenters. The number of esters is 1. The average molecular weight is 310 g/mol. The summed E-state index contributed by atoms with van der Waals surface area (Å²) < 4.78 is 5.00. The normalized spacial score (nSPS) is 12.4. The second kappa shape index (κ2) is 5.17. The van der Waals surface area contributed by atoms with Crippen LogP contribution in [-0.2, 0) is 4.79 Å². The Labute approximate surface area is 130 Å². The van der Waals surface area contributed by atoms with Gasteiger partial charge in [0, 0.05) is 23.6 Å². The molecule has 1 N–H and O–H groups in total. The van der Waals surface area contributed by atoms with E-state index in [0.717, 1.165) is 0 Å². The number of ether oxygens (including phenoxy) is 1. The van der Waals surface area contributed by atoms with Crippen LogP contribution in [0.1, 0.15) is 49.1 Å². The molecule has 0 aliphatic heterocycles. The van der Waals surface area contributed by atoms with Crippen molar-refractivity contribution in [2.75, 3.05) is 0 Å². The van der Waals surface area contributed by atoms with Gasteiger partial charge >= 0.3 is 11.9 Å². The number of carboxylic acid groups (broad SMARTS) is 1. The molecule has 1 aliphatic rings. The van der Waals surface area contributed by atoms with Crippen molar-refractivity contribution >= 4 is 23.5 Å². The highest BCUT2D eigenvalue weighted by molar-refractivity contribution is 6.29. The van der Waals surface area contributed by atoms with E-state index in [1.807, 2.05) is 0 Å². The van der Waals surface area contributed by atoms with Gasteiger partial charge in [0.1, 0.15) is 5.75 Å². The first kappa shape index (κ1) is 14.6. The molecule has 0 aromatic heterocycles. The summed E-state index contributed by atoms with van der Waals surface area (Å²) in [5, 5.41) is 9.02. The van der Waals surface area contributed by atoms with Gasteiger partial charge in [-0.3, -0.25) is 14.4 Å². The predicted molar refractivity (Wildman–Crippen MR) is 78.0 cm³/mol. The minimum absolute atomic E-state index is 0.0151. The van der Waals surface area contributed by atoms with Crippen molar-refractivity contribution in [2.24, 2.45) is 0 Å². The smallest absolute Gasteiger partial charge is 0.335 e. The molecule has 3 rings (SSSR count). The molecular formula is C17H10O6. The zero-order chi connectivity index (χ0) is 16.7. The summed E-state index contributed by atoms with van der Waals surface area (Å²) in [5.74, 6) is -2.74. The van der Waals surface area contributed by atoms with Crippen molar-refractivity contribution in [3.05, 3.63) is 64.2 Å². The van der Waals surface area contributed by atoms with Crippen LogP contribution in [0.4, 0.5) is 0 Å². The van der Waals surface area contributed by atoms with Crippen LogP contribution in [0, 0.1) is 0 Å². The van der Waals surface area contributed by atoms with Crippen LogP contribution in [0.3, 0.4) is 0 Å². The Morgan fingerprint density at radius 1 is 0.957 bits per heavy atom. The molecule has 114 valence electrons. The maximum atomic E-state index is 12.6. The van der Waals surface area contributed by atoms with Crippen LogP contribution < -0.4 is 4.74 Å². The Morgan fingerprint density at radius 2 is 1.70 bits per heavy atom. The third kappa shape index (κ3) is 2.30. The monoisotopic (exact) mass is 310 g/mol. The van der Waals surface area contributed by atoms with Crippen LogP contribution >= 0.6 is 0 Å². The maximum Gasteiger partial charge on any atom is 0.335 e. The molecule has 0 heterocycles. The Morgan fingerprint density at radius 3 is 2.35 bits per heavy atom. The number of rotatable bonds is 2. The number of benzene rings is 2. The maximum absolute atomic E-state index is 12.6. The quantitative estimate of drug-likeness (QED) is 0.575. The molecule has 0 bridgehead atoms. The van der Waals surface area contributed by atoms with E-state index < -0.39 is 23.5 Å². The van der Waals surface area contributed by atoms with Gasteiger partial charge in [-0.05, 0) is 24.3 Å².